The van der Waals surface area contributed by atoms with Crippen LogP contribution in [0.5, 0.6) is 0 Å². The molecule has 1 heterocycles. The Morgan fingerprint density at radius 3 is 2.57 bits per heavy atom. The molecule has 3 aromatic rings. The molecule has 0 bridgehead atoms. The lowest BCUT2D eigenvalue weighted by molar-refractivity contribution is 0.629. The van der Waals surface area contributed by atoms with E-state index in [0.29, 0.717) is 16.4 Å². The summed E-state index contributed by atoms with van der Waals surface area (Å²) in [7, 11) is 1.81. The monoisotopic (exact) mass is 349 g/mol. The van der Waals surface area contributed by atoms with Crippen molar-refractivity contribution >= 4 is 34.7 Å². The normalized spacial score (nSPS) is 10.8. The Balaban J connectivity index is 2.16. The molecule has 0 unspecified atom stereocenters. The molecule has 0 fully saturated rings. The predicted molar refractivity (Wildman–Crippen MR) is 93.1 cm³/mol. The van der Waals surface area contributed by atoms with Gasteiger partial charge in [-0.15, -0.1) is 0 Å². The summed E-state index contributed by atoms with van der Waals surface area (Å²) in [6.45, 7) is 1.86. The van der Waals surface area contributed by atoms with Crippen LogP contribution in [0.15, 0.2) is 42.5 Å². The molecule has 3 rings (SSSR count). The minimum absolute atomic E-state index is 0.0748. The number of para-hydroxylation sites is 1. The zero-order chi connectivity index (χ0) is 16.6. The summed E-state index contributed by atoms with van der Waals surface area (Å²) in [5.41, 5.74) is 2.82. The van der Waals surface area contributed by atoms with Gasteiger partial charge in [0.05, 0.1) is 21.4 Å². The summed E-state index contributed by atoms with van der Waals surface area (Å²) in [4.78, 5) is 0. The largest absolute Gasteiger partial charge is 0.339 e. The second kappa shape index (κ2) is 6.22. The van der Waals surface area contributed by atoms with Crippen LogP contribution in [0.1, 0.15) is 5.69 Å². The smallest absolute Gasteiger partial charge is 0.142 e. The fourth-order valence-corrected chi connectivity index (χ4v) is 2.91. The quantitative estimate of drug-likeness (QED) is 0.668. The second-order valence-corrected chi connectivity index (χ2v) is 5.92. The maximum Gasteiger partial charge on any atom is 0.142 e. The van der Waals surface area contributed by atoms with Gasteiger partial charge in [-0.1, -0.05) is 47.5 Å². The molecule has 6 heteroatoms. The highest BCUT2D eigenvalue weighted by Gasteiger charge is 2.19. The molecule has 0 aliphatic heterocycles. The molecule has 0 radical (unpaired) electrons. The summed E-state index contributed by atoms with van der Waals surface area (Å²) in [6.07, 6.45) is 0. The molecule has 0 atom stereocenters. The van der Waals surface area contributed by atoms with Gasteiger partial charge in [-0.2, -0.15) is 5.10 Å². The lowest BCUT2D eigenvalue weighted by atomic mass is 10.1. The third-order valence-corrected chi connectivity index (χ3v) is 4.28. The van der Waals surface area contributed by atoms with Crippen molar-refractivity contribution in [2.45, 2.75) is 6.92 Å². The van der Waals surface area contributed by atoms with E-state index in [1.54, 1.807) is 22.9 Å². The zero-order valence-electron chi connectivity index (χ0n) is 12.6. The Morgan fingerprint density at radius 1 is 1.09 bits per heavy atom. The van der Waals surface area contributed by atoms with Crippen LogP contribution in [0, 0.1) is 12.7 Å². The molecule has 0 saturated heterocycles. The van der Waals surface area contributed by atoms with Crippen molar-refractivity contribution in [2.24, 2.45) is 7.05 Å². The Kier molecular flexibility index (Phi) is 4.28. The predicted octanol–water partition coefficient (Wildman–Crippen LogP) is 5.59. The van der Waals surface area contributed by atoms with Gasteiger partial charge >= 0.3 is 0 Å². The number of hydrogen-bond donors (Lipinski definition) is 1. The third-order valence-electron chi connectivity index (χ3n) is 3.57. The van der Waals surface area contributed by atoms with Crippen molar-refractivity contribution in [3.05, 3.63) is 64.0 Å². The molecule has 0 amide bonds. The van der Waals surface area contributed by atoms with E-state index in [1.165, 1.54) is 6.07 Å². The van der Waals surface area contributed by atoms with Gasteiger partial charge in [-0.3, -0.25) is 4.68 Å². The molecule has 23 heavy (non-hydrogen) atoms. The highest BCUT2D eigenvalue weighted by atomic mass is 35.5. The summed E-state index contributed by atoms with van der Waals surface area (Å²) < 4.78 is 15.5. The molecule has 1 aromatic heterocycles. The molecule has 118 valence electrons. The third kappa shape index (κ3) is 2.92. The standard InChI is InChI=1S/C17H14Cl2FN3/c1-10-15(11-6-5-8-13(20)16(11)19)17(23(2)22-10)21-14-9-4-3-7-12(14)18/h3-9,21H,1-2H3. The van der Waals surface area contributed by atoms with E-state index in [0.717, 1.165) is 16.9 Å². The van der Waals surface area contributed by atoms with E-state index >= 15 is 0 Å². The maximum absolute atomic E-state index is 13.8. The van der Waals surface area contributed by atoms with E-state index < -0.39 is 5.82 Å². The van der Waals surface area contributed by atoms with Gasteiger partial charge in [0.25, 0.3) is 0 Å². The number of aromatic nitrogens is 2. The van der Waals surface area contributed by atoms with Gasteiger partial charge in [0.15, 0.2) is 0 Å². The van der Waals surface area contributed by atoms with Crippen LogP contribution in [0.4, 0.5) is 15.9 Å². The number of rotatable bonds is 3. The van der Waals surface area contributed by atoms with Gasteiger partial charge in [0.1, 0.15) is 11.6 Å². The lowest BCUT2D eigenvalue weighted by Crippen LogP contribution is -2.01. The Bertz CT molecular complexity index is 874. The van der Waals surface area contributed by atoms with Gasteiger partial charge in [0.2, 0.25) is 0 Å². The fraction of sp³-hybridized carbons (Fsp3) is 0.118. The van der Waals surface area contributed by atoms with Crippen LogP contribution < -0.4 is 5.32 Å². The fourth-order valence-electron chi connectivity index (χ4n) is 2.51. The van der Waals surface area contributed by atoms with E-state index in [2.05, 4.69) is 10.4 Å². The first kappa shape index (κ1) is 15.8. The van der Waals surface area contributed by atoms with Gasteiger partial charge in [-0.25, -0.2) is 4.39 Å². The van der Waals surface area contributed by atoms with E-state index in [4.69, 9.17) is 23.2 Å². The van der Waals surface area contributed by atoms with Gasteiger partial charge < -0.3 is 5.32 Å². The summed E-state index contributed by atoms with van der Waals surface area (Å²) in [5, 5.41) is 8.34. The molecular formula is C17H14Cl2FN3. The molecule has 0 spiro atoms. The van der Waals surface area contributed by atoms with Crippen molar-refractivity contribution in [1.29, 1.82) is 0 Å². The number of aryl methyl sites for hydroxylation is 2. The summed E-state index contributed by atoms with van der Waals surface area (Å²) in [5.74, 6) is 0.235. The minimum atomic E-state index is -0.462. The molecular weight excluding hydrogens is 336 g/mol. The maximum atomic E-state index is 13.8. The van der Waals surface area contributed by atoms with Crippen LogP contribution in [0.25, 0.3) is 11.1 Å². The number of benzene rings is 2. The Hall–Kier alpha value is -2.04. The lowest BCUT2D eigenvalue weighted by Gasteiger charge is -2.12. The summed E-state index contributed by atoms with van der Waals surface area (Å²) in [6, 6.07) is 12.1. The van der Waals surface area contributed by atoms with Crippen molar-refractivity contribution in [2.75, 3.05) is 5.32 Å². The number of nitrogens with zero attached hydrogens (tertiary/aromatic N) is 2. The van der Waals surface area contributed by atoms with Crippen LogP contribution >= 0.6 is 23.2 Å². The topological polar surface area (TPSA) is 29.9 Å². The SMILES string of the molecule is Cc1nn(C)c(Nc2ccccc2Cl)c1-c1cccc(F)c1Cl. The average Bonchev–Trinajstić information content (AvgIpc) is 2.79. The number of hydrogen-bond acceptors (Lipinski definition) is 2. The highest BCUT2D eigenvalue weighted by Crippen LogP contribution is 2.38. The first-order valence-electron chi connectivity index (χ1n) is 6.98. The van der Waals surface area contributed by atoms with Crippen LogP contribution in [0.2, 0.25) is 10.0 Å². The van der Waals surface area contributed by atoms with Crippen LogP contribution in [0.3, 0.4) is 0 Å². The zero-order valence-corrected chi connectivity index (χ0v) is 14.1. The average molecular weight is 350 g/mol. The number of nitrogens with one attached hydrogen (secondary N) is 1. The first-order chi connectivity index (χ1) is 11.0. The highest BCUT2D eigenvalue weighted by molar-refractivity contribution is 6.34. The Morgan fingerprint density at radius 2 is 1.83 bits per heavy atom. The second-order valence-electron chi connectivity index (χ2n) is 5.14. The first-order valence-corrected chi connectivity index (χ1v) is 7.74. The van der Waals surface area contributed by atoms with E-state index in [-0.39, 0.29) is 5.02 Å². The molecule has 1 N–H and O–H groups in total. The minimum Gasteiger partial charge on any atom is -0.339 e. The van der Waals surface area contributed by atoms with E-state index in [9.17, 15) is 4.39 Å². The summed E-state index contributed by atoms with van der Waals surface area (Å²) >= 11 is 12.4. The molecule has 3 nitrogen and oxygen atoms in total. The molecule has 0 aliphatic carbocycles. The molecule has 2 aromatic carbocycles. The van der Waals surface area contributed by atoms with Gasteiger partial charge in [0, 0.05) is 18.2 Å². The Labute approximate surface area is 143 Å². The molecule has 0 aliphatic rings. The number of anilines is 2. The molecule has 0 saturated carbocycles. The van der Waals surface area contributed by atoms with Crippen LogP contribution in [-0.2, 0) is 7.05 Å². The van der Waals surface area contributed by atoms with Crippen molar-refractivity contribution in [3.8, 4) is 11.1 Å². The van der Waals surface area contributed by atoms with E-state index in [1.807, 2.05) is 32.2 Å². The van der Waals surface area contributed by atoms with Crippen molar-refractivity contribution < 1.29 is 4.39 Å². The van der Waals surface area contributed by atoms with Gasteiger partial charge in [-0.05, 0) is 25.1 Å². The van der Waals surface area contributed by atoms with Crippen molar-refractivity contribution in [1.82, 2.24) is 9.78 Å². The van der Waals surface area contributed by atoms with Crippen LogP contribution in [-0.4, -0.2) is 9.78 Å². The van der Waals surface area contributed by atoms with Crippen molar-refractivity contribution in [3.63, 3.8) is 0 Å². The number of halogens is 3.